The van der Waals surface area contributed by atoms with Crippen molar-refractivity contribution in [2.24, 2.45) is 0 Å². The Labute approximate surface area is 294 Å². The van der Waals surface area contributed by atoms with Crippen LogP contribution < -0.4 is 25.4 Å². The Balaban J connectivity index is 1.28. The molecular formula is C36H31BrN4O5S2. The van der Waals surface area contributed by atoms with Gasteiger partial charge in [0.15, 0.2) is 16.6 Å². The summed E-state index contributed by atoms with van der Waals surface area (Å²) in [4.78, 5) is 45.0. The van der Waals surface area contributed by atoms with Gasteiger partial charge in [-0.3, -0.25) is 14.4 Å². The van der Waals surface area contributed by atoms with Crippen molar-refractivity contribution < 1.29 is 23.9 Å². The number of nitrogens with zero attached hydrogens (tertiary/aromatic N) is 1. The minimum Gasteiger partial charge on any atom is -0.493 e. The molecule has 0 radical (unpaired) electrons. The predicted molar refractivity (Wildman–Crippen MR) is 196 cm³/mol. The molecule has 48 heavy (non-hydrogen) atoms. The highest BCUT2D eigenvalue weighted by molar-refractivity contribution is 9.10. The van der Waals surface area contributed by atoms with Crippen molar-refractivity contribution in [1.29, 1.82) is 0 Å². The van der Waals surface area contributed by atoms with E-state index in [9.17, 15) is 14.4 Å². The number of halogens is 1. The summed E-state index contributed by atoms with van der Waals surface area (Å²) in [6.07, 6.45) is 1.56. The highest BCUT2D eigenvalue weighted by atomic mass is 79.9. The van der Waals surface area contributed by atoms with Crippen molar-refractivity contribution in [3.05, 3.63) is 124 Å². The van der Waals surface area contributed by atoms with Gasteiger partial charge >= 0.3 is 0 Å². The van der Waals surface area contributed by atoms with E-state index in [1.165, 1.54) is 37.3 Å². The number of methoxy groups -OCH3 is 2. The van der Waals surface area contributed by atoms with Gasteiger partial charge in [0.05, 0.1) is 25.2 Å². The topological polar surface area (TPSA) is 119 Å². The Morgan fingerprint density at radius 1 is 0.875 bits per heavy atom. The van der Waals surface area contributed by atoms with Crippen LogP contribution in [0.4, 0.5) is 10.8 Å². The van der Waals surface area contributed by atoms with Crippen LogP contribution in [0.3, 0.4) is 0 Å². The molecule has 5 rings (SSSR count). The van der Waals surface area contributed by atoms with Crippen LogP contribution in [0.1, 0.15) is 22.8 Å². The third-order valence-corrected chi connectivity index (χ3v) is 9.28. The number of carbonyl (C=O) groups excluding carboxylic acids is 3. The van der Waals surface area contributed by atoms with Crippen molar-refractivity contribution in [1.82, 2.24) is 10.3 Å². The molecule has 0 spiro atoms. The first-order valence-electron chi connectivity index (χ1n) is 14.6. The molecule has 3 amide bonds. The van der Waals surface area contributed by atoms with Gasteiger partial charge in [-0.15, -0.1) is 23.1 Å². The molecule has 9 nitrogen and oxygen atoms in total. The van der Waals surface area contributed by atoms with Crippen molar-refractivity contribution in [3.8, 4) is 22.8 Å². The number of thiazole rings is 1. The maximum atomic E-state index is 13.6. The van der Waals surface area contributed by atoms with Crippen molar-refractivity contribution in [3.63, 3.8) is 0 Å². The van der Waals surface area contributed by atoms with Crippen LogP contribution in [-0.2, 0) is 9.59 Å². The fourth-order valence-corrected chi connectivity index (χ4v) is 6.36. The Bertz CT molecular complexity index is 1950. The minimum atomic E-state index is -0.535. The standard InChI is InChI=1S/C36H31BrN4O5S2/c1-22(33(42)41-36-40-30(21-47-36)24-13-15-26(37)16-14-24)48-28-11-7-10-27(20-28)38-35(44)29(39-34(43)25-8-5-4-6-9-25)18-23-12-17-31(45-2)32(19-23)46-3/h4-22H,1-3H3,(H,38,44)(H,39,43)(H,40,41,42)/b29-18+. The summed E-state index contributed by atoms with van der Waals surface area (Å²) in [6, 6.07) is 28.7. The van der Waals surface area contributed by atoms with Crippen LogP contribution in [0.15, 0.2) is 118 Å². The smallest absolute Gasteiger partial charge is 0.272 e. The maximum Gasteiger partial charge on any atom is 0.272 e. The van der Waals surface area contributed by atoms with Gasteiger partial charge in [0.1, 0.15) is 5.70 Å². The van der Waals surface area contributed by atoms with E-state index in [1.54, 1.807) is 79.7 Å². The summed E-state index contributed by atoms with van der Waals surface area (Å²) in [6.45, 7) is 1.80. The van der Waals surface area contributed by atoms with E-state index >= 15 is 0 Å². The number of carbonyl (C=O) groups is 3. The van der Waals surface area contributed by atoms with Crippen LogP contribution in [-0.4, -0.2) is 42.2 Å². The molecule has 0 saturated heterocycles. The molecule has 0 fully saturated rings. The number of benzene rings is 4. The molecular weight excluding hydrogens is 712 g/mol. The zero-order valence-corrected chi connectivity index (χ0v) is 29.4. The molecule has 0 aliphatic rings. The number of aromatic nitrogens is 1. The lowest BCUT2D eigenvalue weighted by atomic mass is 10.1. The van der Waals surface area contributed by atoms with E-state index < -0.39 is 17.1 Å². The molecule has 1 unspecified atom stereocenters. The fourth-order valence-electron chi connectivity index (χ4n) is 4.45. The molecule has 12 heteroatoms. The minimum absolute atomic E-state index is 0.0211. The molecule has 1 atom stereocenters. The van der Waals surface area contributed by atoms with Crippen LogP contribution in [0.2, 0.25) is 0 Å². The monoisotopic (exact) mass is 742 g/mol. The van der Waals surface area contributed by atoms with E-state index in [0.29, 0.717) is 33.4 Å². The average Bonchev–Trinajstić information content (AvgIpc) is 3.57. The van der Waals surface area contributed by atoms with E-state index in [4.69, 9.17) is 9.47 Å². The first-order valence-corrected chi connectivity index (χ1v) is 17.2. The molecule has 3 N–H and O–H groups in total. The van der Waals surface area contributed by atoms with E-state index in [0.717, 1.165) is 20.6 Å². The normalized spacial score (nSPS) is 11.7. The van der Waals surface area contributed by atoms with Gasteiger partial charge in [0.25, 0.3) is 11.8 Å². The molecule has 0 saturated carbocycles. The van der Waals surface area contributed by atoms with E-state index in [-0.39, 0.29) is 11.6 Å². The van der Waals surface area contributed by atoms with Gasteiger partial charge in [-0.25, -0.2) is 4.98 Å². The van der Waals surface area contributed by atoms with Crippen LogP contribution in [0, 0.1) is 0 Å². The van der Waals surface area contributed by atoms with Crippen molar-refractivity contribution >= 4 is 73.6 Å². The summed E-state index contributed by atoms with van der Waals surface area (Å²) in [5, 5.41) is 10.5. The largest absolute Gasteiger partial charge is 0.493 e. The lowest BCUT2D eigenvalue weighted by Crippen LogP contribution is -2.30. The summed E-state index contributed by atoms with van der Waals surface area (Å²) in [7, 11) is 3.06. The van der Waals surface area contributed by atoms with Gasteiger partial charge in [-0.2, -0.15) is 0 Å². The van der Waals surface area contributed by atoms with Crippen LogP contribution in [0.5, 0.6) is 11.5 Å². The Morgan fingerprint density at radius 3 is 2.35 bits per heavy atom. The first-order chi connectivity index (χ1) is 23.2. The maximum absolute atomic E-state index is 13.6. The average molecular weight is 744 g/mol. The quantitative estimate of drug-likeness (QED) is 0.0873. The predicted octanol–water partition coefficient (Wildman–Crippen LogP) is 8.12. The zero-order chi connectivity index (χ0) is 34.0. The number of hydrogen-bond donors (Lipinski definition) is 3. The van der Waals surface area contributed by atoms with Gasteiger partial charge in [0, 0.05) is 31.6 Å². The number of amides is 3. The number of hydrogen-bond acceptors (Lipinski definition) is 8. The van der Waals surface area contributed by atoms with Crippen molar-refractivity contribution in [2.75, 3.05) is 24.9 Å². The van der Waals surface area contributed by atoms with Gasteiger partial charge in [0.2, 0.25) is 5.91 Å². The van der Waals surface area contributed by atoms with Gasteiger partial charge in [-0.1, -0.05) is 58.4 Å². The lowest BCUT2D eigenvalue weighted by molar-refractivity contribution is -0.115. The summed E-state index contributed by atoms with van der Waals surface area (Å²) < 4.78 is 11.7. The second kappa shape index (κ2) is 16.3. The molecule has 0 aliphatic heterocycles. The Kier molecular flexibility index (Phi) is 11.7. The summed E-state index contributed by atoms with van der Waals surface area (Å²) in [5.74, 6) is -0.167. The Morgan fingerprint density at radius 2 is 1.62 bits per heavy atom. The number of thioether (sulfide) groups is 1. The first kappa shape index (κ1) is 34.4. The number of nitrogens with one attached hydrogen (secondary N) is 3. The van der Waals surface area contributed by atoms with Crippen molar-refractivity contribution in [2.45, 2.75) is 17.1 Å². The molecule has 0 aliphatic carbocycles. The highest BCUT2D eigenvalue weighted by Crippen LogP contribution is 2.30. The lowest BCUT2D eigenvalue weighted by Gasteiger charge is -2.14. The molecule has 1 heterocycles. The second-order valence-corrected chi connectivity index (χ2v) is 13.5. The second-order valence-electron chi connectivity index (χ2n) is 10.3. The molecule has 244 valence electrons. The Hall–Kier alpha value is -4.91. The summed E-state index contributed by atoms with van der Waals surface area (Å²) >= 11 is 6.14. The fraction of sp³-hybridized carbons (Fsp3) is 0.111. The molecule has 5 aromatic rings. The highest BCUT2D eigenvalue weighted by Gasteiger charge is 2.19. The van der Waals surface area contributed by atoms with E-state index in [2.05, 4.69) is 36.9 Å². The van der Waals surface area contributed by atoms with Crippen LogP contribution >= 0.6 is 39.0 Å². The summed E-state index contributed by atoms with van der Waals surface area (Å²) in [5.41, 5.74) is 3.26. The third kappa shape index (κ3) is 9.12. The van der Waals surface area contributed by atoms with E-state index in [1.807, 2.05) is 35.7 Å². The number of rotatable bonds is 12. The number of ether oxygens (including phenoxy) is 2. The molecule has 4 aromatic carbocycles. The SMILES string of the molecule is COc1ccc(/C=C(/NC(=O)c2ccccc2)C(=O)Nc2cccc(SC(C)C(=O)Nc3nc(-c4ccc(Br)cc4)cs3)c2)cc1OC. The van der Waals surface area contributed by atoms with Crippen LogP contribution in [0.25, 0.3) is 17.3 Å². The number of anilines is 2. The molecule has 1 aromatic heterocycles. The third-order valence-electron chi connectivity index (χ3n) is 6.90. The van der Waals surface area contributed by atoms with Gasteiger partial charge < -0.3 is 25.4 Å². The molecule has 0 bridgehead atoms. The van der Waals surface area contributed by atoms with Gasteiger partial charge in [-0.05, 0) is 73.2 Å². The zero-order valence-electron chi connectivity index (χ0n) is 26.2.